The minimum Gasteiger partial charge on any atom is -0.497 e. The van der Waals surface area contributed by atoms with E-state index in [2.05, 4.69) is 22.8 Å². The molecule has 5 nitrogen and oxygen atoms in total. The molecule has 0 bridgehead atoms. The maximum absolute atomic E-state index is 11.9. The number of aryl methyl sites for hydroxylation is 1. The highest BCUT2D eigenvalue weighted by Gasteiger charge is 2.05. The van der Waals surface area contributed by atoms with Crippen LogP contribution in [0.4, 0.5) is 10.5 Å². The summed E-state index contributed by atoms with van der Waals surface area (Å²) in [5, 5.41) is 5.62. The van der Waals surface area contributed by atoms with E-state index in [9.17, 15) is 4.79 Å². The van der Waals surface area contributed by atoms with E-state index in [0.717, 1.165) is 12.8 Å². The Morgan fingerprint density at radius 3 is 2.26 bits per heavy atom. The van der Waals surface area contributed by atoms with Crippen molar-refractivity contribution in [3.8, 4) is 11.5 Å². The molecule has 0 aliphatic carbocycles. The predicted molar refractivity (Wildman–Crippen MR) is 91.3 cm³/mol. The molecular formula is C18H22N2O3. The van der Waals surface area contributed by atoms with Gasteiger partial charge in [-0.1, -0.05) is 30.3 Å². The Balaban J connectivity index is 1.78. The first-order chi connectivity index (χ1) is 11.2. The van der Waals surface area contributed by atoms with E-state index in [0.29, 0.717) is 23.7 Å². The zero-order valence-electron chi connectivity index (χ0n) is 13.5. The van der Waals surface area contributed by atoms with E-state index >= 15 is 0 Å². The fourth-order valence-corrected chi connectivity index (χ4v) is 2.19. The van der Waals surface area contributed by atoms with Gasteiger partial charge in [0.05, 0.1) is 14.2 Å². The second kappa shape index (κ2) is 8.68. The first kappa shape index (κ1) is 16.7. The van der Waals surface area contributed by atoms with Crippen molar-refractivity contribution in [1.82, 2.24) is 5.32 Å². The summed E-state index contributed by atoms with van der Waals surface area (Å²) in [6.45, 7) is 0.613. The number of hydrogen-bond acceptors (Lipinski definition) is 3. The first-order valence-corrected chi connectivity index (χ1v) is 7.53. The molecule has 2 N–H and O–H groups in total. The highest BCUT2D eigenvalue weighted by Crippen LogP contribution is 2.25. The summed E-state index contributed by atoms with van der Waals surface area (Å²) in [5.74, 6) is 1.26. The lowest BCUT2D eigenvalue weighted by Gasteiger charge is -2.11. The van der Waals surface area contributed by atoms with Crippen LogP contribution in [-0.4, -0.2) is 26.8 Å². The largest absolute Gasteiger partial charge is 0.497 e. The molecule has 0 radical (unpaired) electrons. The average molecular weight is 314 g/mol. The van der Waals surface area contributed by atoms with Gasteiger partial charge in [0.15, 0.2) is 0 Å². The molecule has 0 atom stereocenters. The van der Waals surface area contributed by atoms with Gasteiger partial charge >= 0.3 is 6.03 Å². The molecule has 0 aromatic heterocycles. The number of ether oxygens (including phenoxy) is 2. The summed E-state index contributed by atoms with van der Waals surface area (Å²) < 4.78 is 10.3. The second-order valence-corrected chi connectivity index (χ2v) is 5.07. The summed E-state index contributed by atoms with van der Waals surface area (Å²) in [4.78, 5) is 11.9. The van der Waals surface area contributed by atoms with Gasteiger partial charge in [-0.3, -0.25) is 0 Å². The van der Waals surface area contributed by atoms with Gasteiger partial charge in [0.1, 0.15) is 11.5 Å². The molecule has 2 amide bonds. The third-order valence-corrected chi connectivity index (χ3v) is 3.38. The monoisotopic (exact) mass is 314 g/mol. The van der Waals surface area contributed by atoms with Crippen LogP contribution in [0.15, 0.2) is 48.5 Å². The maximum Gasteiger partial charge on any atom is 0.319 e. The van der Waals surface area contributed by atoms with Crippen LogP contribution in [0, 0.1) is 0 Å². The molecule has 2 rings (SSSR count). The second-order valence-electron chi connectivity index (χ2n) is 5.07. The predicted octanol–water partition coefficient (Wildman–Crippen LogP) is 3.46. The van der Waals surface area contributed by atoms with Crippen LogP contribution in [0.5, 0.6) is 11.5 Å². The summed E-state index contributed by atoms with van der Waals surface area (Å²) >= 11 is 0. The number of anilines is 1. The smallest absolute Gasteiger partial charge is 0.319 e. The Kier molecular flexibility index (Phi) is 6.29. The van der Waals surface area contributed by atoms with Gasteiger partial charge in [-0.2, -0.15) is 0 Å². The minimum atomic E-state index is -0.242. The summed E-state index contributed by atoms with van der Waals surface area (Å²) in [7, 11) is 3.14. The molecule has 0 unspecified atom stereocenters. The number of amides is 2. The Hall–Kier alpha value is -2.69. The van der Waals surface area contributed by atoms with Crippen LogP contribution >= 0.6 is 0 Å². The van der Waals surface area contributed by atoms with E-state index in [-0.39, 0.29) is 6.03 Å². The molecule has 0 spiro atoms. The number of hydrogen-bond donors (Lipinski definition) is 2. The number of rotatable bonds is 7. The van der Waals surface area contributed by atoms with Gasteiger partial charge in [-0.05, 0) is 18.4 Å². The molecule has 5 heteroatoms. The van der Waals surface area contributed by atoms with Crippen molar-refractivity contribution in [1.29, 1.82) is 0 Å². The van der Waals surface area contributed by atoms with Crippen molar-refractivity contribution < 1.29 is 14.3 Å². The molecule has 0 heterocycles. The third-order valence-electron chi connectivity index (χ3n) is 3.38. The van der Waals surface area contributed by atoms with E-state index in [1.165, 1.54) is 5.56 Å². The standard InChI is InChI=1S/C18H22N2O3/c1-22-16-11-15(12-17(13-16)23-2)20-18(21)19-10-6-9-14-7-4-3-5-8-14/h3-5,7-8,11-13H,6,9-10H2,1-2H3,(H2,19,20,21). The van der Waals surface area contributed by atoms with E-state index in [1.54, 1.807) is 32.4 Å². The minimum absolute atomic E-state index is 0.242. The van der Waals surface area contributed by atoms with E-state index in [4.69, 9.17) is 9.47 Å². The fourth-order valence-electron chi connectivity index (χ4n) is 2.19. The molecular weight excluding hydrogens is 292 g/mol. The topological polar surface area (TPSA) is 59.6 Å². The SMILES string of the molecule is COc1cc(NC(=O)NCCCc2ccccc2)cc(OC)c1. The van der Waals surface area contributed by atoms with Gasteiger partial charge < -0.3 is 20.1 Å². The molecule has 0 aliphatic rings. The molecule has 2 aromatic rings. The van der Waals surface area contributed by atoms with Crippen LogP contribution in [0.2, 0.25) is 0 Å². The summed E-state index contributed by atoms with van der Waals surface area (Å²) in [6, 6.07) is 15.2. The summed E-state index contributed by atoms with van der Waals surface area (Å²) in [6.07, 6.45) is 1.83. The van der Waals surface area contributed by atoms with Crippen molar-refractivity contribution >= 4 is 11.7 Å². The van der Waals surface area contributed by atoms with Crippen molar-refractivity contribution in [2.75, 3.05) is 26.1 Å². The van der Waals surface area contributed by atoms with Crippen molar-refractivity contribution in [3.63, 3.8) is 0 Å². The Morgan fingerprint density at radius 2 is 1.65 bits per heavy atom. The molecule has 0 aliphatic heterocycles. The highest BCUT2D eigenvalue weighted by molar-refractivity contribution is 5.89. The quantitative estimate of drug-likeness (QED) is 0.770. The van der Waals surface area contributed by atoms with Gasteiger partial charge in [0.25, 0.3) is 0 Å². The number of methoxy groups -OCH3 is 2. The van der Waals surface area contributed by atoms with Crippen molar-refractivity contribution in [2.45, 2.75) is 12.8 Å². The van der Waals surface area contributed by atoms with Gasteiger partial charge in [-0.25, -0.2) is 4.79 Å². The number of carbonyl (C=O) groups excluding carboxylic acids is 1. The zero-order valence-corrected chi connectivity index (χ0v) is 13.5. The molecule has 0 saturated heterocycles. The summed E-state index contributed by atoms with van der Waals surface area (Å²) in [5.41, 5.74) is 1.90. The highest BCUT2D eigenvalue weighted by atomic mass is 16.5. The van der Waals surface area contributed by atoms with Gasteiger partial charge in [0.2, 0.25) is 0 Å². The Labute approximate surface area is 136 Å². The average Bonchev–Trinajstić information content (AvgIpc) is 2.59. The number of benzene rings is 2. The normalized spacial score (nSPS) is 10.0. The fraction of sp³-hybridized carbons (Fsp3) is 0.278. The molecule has 122 valence electrons. The van der Waals surface area contributed by atoms with Crippen LogP contribution in [0.1, 0.15) is 12.0 Å². The van der Waals surface area contributed by atoms with Crippen LogP contribution in [0.3, 0.4) is 0 Å². The molecule has 0 saturated carbocycles. The lowest BCUT2D eigenvalue weighted by atomic mass is 10.1. The lowest BCUT2D eigenvalue weighted by Crippen LogP contribution is -2.29. The van der Waals surface area contributed by atoms with Crippen LogP contribution in [-0.2, 0) is 6.42 Å². The molecule has 2 aromatic carbocycles. The van der Waals surface area contributed by atoms with Crippen molar-refractivity contribution in [3.05, 3.63) is 54.1 Å². The number of urea groups is 1. The number of nitrogens with one attached hydrogen (secondary N) is 2. The van der Waals surface area contributed by atoms with Crippen molar-refractivity contribution in [2.24, 2.45) is 0 Å². The van der Waals surface area contributed by atoms with Crippen LogP contribution in [0.25, 0.3) is 0 Å². The van der Waals surface area contributed by atoms with Gasteiger partial charge in [-0.15, -0.1) is 0 Å². The maximum atomic E-state index is 11.9. The van der Waals surface area contributed by atoms with Gasteiger partial charge in [0, 0.05) is 30.4 Å². The van der Waals surface area contributed by atoms with E-state index < -0.39 is 0 Å². The molecule has 23 heavy (non-hydrogen) atoms. The Bertz CT molecular complexity index is 607. The molecule has 0 fully saturated rings. The number of carbonyl (C=O) groups is 1. The first-order valence-electron chi connectivity index (χ1n) is 7.53. The Morgan fingerprint density at radius 1 is 1.00 bits per heavy atom. The zero-order chi connectivity index (χ0) is 16.5. The lowest BCUT2D eigenvalue weighted by molar-refractivity contribution is 0.252. The van der Waals surface area contributed by atoms with Crippen LogP contribution < -0.4 is 20.1 Å². The van der Waals surface area contributed by atoms with E-state index in [1.807, 2.05) is 18.2 Å². The third kappa shape index (κ3) is 5.54.